The zero-order valence-corrected chi connectivity index (χ0v) is 18.8. The van der Waals surface area contributed by atoms with E-state index < -0.39 is 11.9 Å². The van der Waals surface area contributed by atoms with E-state index in [-0.39, 0.29) is 11.8 Å². The molecule has 7 nitrogen and oxygen atoms in total. The predicted molar refractivity (Wildman–Crippen MR) is 124 cm³/mol. The number of nitrogens with zero attached hydrogens (tertiary/aromatic N) is 3. The molecule has 0 unspecified atom stereocenters. The Hall–Kier alpha value is -2.19. The molecule has 2 aliphatic rings. The summed E-state index contributed by atoms with van der Waals surface area (Å²) in [7, 11) is 0. The van der Waals surface area contributed by atoms with Crippen LogP contribution in [0.25, 0.3) is 10.1 Å². The van der Waals surface area contributed by atoms with Crippen LogP contribution in [0.5, 0.6) is 0 Å². The van der Waals surface area contributed by atoms with Gasteiger partial charge >= 0.3 is 5.97 Å². The summed E-state index contributed by atoms with van der Waals surface area (Å²) in [6, 6.07) is 8.41. The summed E-state index contributed by atoms with van der Waals surface area (Å²) in [6.07, 6.45) is 5.13. The molecule has 0 bridgehead atoms. The molecule has 1 amide bonds. The van der Waals surface area contributed by atoms with Crippen LogP contribution in [0.15, 0.2) is 24.3 Å². The van der Waals surface area contributed by atoms with Crippen molar-refractivity contribution in [2.75, 3.05) is 44.2 Å². The lowest BCUT2D eigenvalue weighted by Crippen LogP contribution is -2.47. The van der Waals surface area contributed by atoms with Gasteiger partial charge in [0, 0.05) is 38.1 Å². The third-order valence-corrected chi connectivity index (χ3v) is 7.47. The molecule has 0 spiro atoms. The van der Waals surface area contributed by atoms with Gasteiger partial charge in [0.05, 0.1) is 16.5 Å². The highest BCUT2D eigenvalue weighted by atomic mass is 32.1. The molecule has 4 rings (SSSR count). The number of unbranched alkanes of at least 4 members (excludes halogenated alkanes) is 1. The van der Waals surface area contributed by atoms with Crippen molar-refractivity contribution in [3.8, 4) is 0 Å². The highest BCUT2D eigenvalue weighted by molar-refractivity contribution is 7.13. The number of fused-ring (bicyclic) bond motifs is 1. The molecule has 2 fully saturated rings. The first-order chi connectivity index (χ1) is 15.1. The van der Waals surface area contributed by atoms with Crippen molar-refractivity contribution in [3.05, 3.63) is 24.3 Å². The van der Waals surface area contributed by atoms with Gasteiger partial charge in [-0.1, -0.05) is 25.0 Å². The molecule has 2 heterocycles. The quantitative estimate of drug-likeness (QED) is 0.608. The van der Waals surface area contributed by atoms with Crippen molar-refractivity contribution >= 4 is 39.3 Å². The summed E-state index contributed by atoms with van der Waals surface area (Å²) in [5, 5.41) is 13.6. The molecule has 1 saturated carbocycles. The second-order valence-electron chi connectivity index (χ2n) is 8.66. The number of carbonyl (C=O) groups is 2. The molecule has 2 aromatic rings. The minimum absolute atomic E-state index is 0.0730. The van der Waals surface area contributed by atoms with Crippen LogP contribution >= 0.6 is 11.5 Å². The number of amides is 1. The van der Waals surface area contributed by atoms with Gasteiger partial charge in [0.2, 0.25) is 5.91 Å². The zero-order valence-electron chi connectivity index (χ0n) is 18.0. The predicted octanol–water partition coefficient (Wildman–Crippen LogP) is 3.21. The Morgan fingerprint density at radius 1 is 1.06 bits per heavy atom. The van der Waals surface area contributed by atoms with Gasteiger partial charge in [-0.25, -0.2) is 0 Å². The minimum atomic E-state index is -0.829. The maximum absolute atomic E-state index is 12.4. The molecule has 1 aromatic heterocycles. The summed E-state index contributed by atoms with van der Waals surface area (Å²) < 4.78 is 5.91. The van der Waals surface area contributed by atoms with Crippen molar-refractivity contribution in [3.63, 3.8) is 0 Å². The molecular formula is C23H32N4O3S. The van der Waals surface area contributed by atoms with Gasteiger partial charge in [0.25, 0.3) is 0 Å². The number of carboxylic acid groups (broad SMARTS) is 1. The van der Waals surface area contributed by atoms with Gasteiger partial charge < -0.3 is 15.3 Å². The number of nitrogens with one attached hydrogen (secondary N) is 1. The van der Waals surface area contributed by atoms with E-state index >= 15 is 0 Å². The zero-order chi connectivity index (χ0) is 21.6. The Morgan fingerprint density at radius 2 is 1.81 bits per heavy atom. The second kappa shape index (κ2) is 10.4. The van der Waals surface area contributed by atoms with Crippen molar-refractivity contribution in [2.45, 2.75) is 38.5 Å². The number of aromatic nitrogens is 1. The maximum Gasteiger partial charge on any atom is 0.307 e. The monoisotopic (exact) mass is 444 g/mol. The van der Waals surface area contributed by atoms with E-state index in [4.69, 9.17) is 0 Å². The van der Waals surface area contributed by atoms with E-state index in [1.165, 1.54) is 10.1 Å². The van der Waals surface area contributed by atoms with Crippen LogP contribution in [0.4, 0.5) is 5.82 Å². The number of piperazine rings is 1. The third-order valence-electron chi connectivity index (χ3n) is 6.65. The Bertz CT molecular complexity index is 894. The van der Waals surface area contributed by atoms with Crippen LogP contribution in [0, 0.1) is 11.8 Å². The highest BCUT2D eigenvalue weighted by Gasteiger charge is 2.35. The Kier molecular flexibility index (Phi) is 7.40. The maximum atomic E-state index is 12.4. The lowest BCUT2D eigenvalue weighted by atomic mass is 9.78. The number of rotatable bonds is 8. The van der Waals surface area contributed by atoms with Crippen LogP contribution < -0.4 is 10.2 Å². The summed E-state index contributed by atoms with van der Waals surface area (Å²) >= 11 is 1.57. The largest absolute Gasteiger partial charge is 0.481 e. The molecule has 0 radical (unpaired) electrons. The number of hydrogen-bond donors (Lipinski definition) is 2. The molecule has 2 atom stereocenters. The number of carboxylic acids is 1. The van der Waals surface area contributed by atoms with Gasteiger partial charge in [-0.2, -0.15) is 4.37 Å². The summed E-state index contributed by atoms with van der Waals surface area (Å²) in [5.74, 6) is -0.660. The van der Waals surface area contributed by atoms with Crippen molar-refractivity contribution in [2.24, 2.45) is 11.8 Å². The molecule has 168 valence electrons. The normalized spacial score (nSPS) is 22.5. The average Bonchev–Trinajstić information content (AvgIpc) is 3.23. The number of hydrogen-bond acceptors (Lipinski definition) is 6. The van der Waals surface area contributed by atoms with Crippen LogP contribution in [0.2, 0.25) is 0 Å². The van der Waals surface area contributed by atoms with E-state index in [2.05, 4.69) is 43.8 Å². The Balaban J connectivity index is 1.14. The van der Waals surface area contributed by atoms with Crippen LogP contribution in [0.1, 0.15) is 38.5 Å². The fourth-order valence-corrected chi connectivity index (χ4v) is 5.62. The highest BCUT2D eigenvalue weighted by Crippen LogP contribution is 2.31. The van der Waals surface area contributed by atoms with Crippen LogP contribution in [-0.4, -0.2) is 65.5 Å². The van der Waals surface area contributed by atoms with Crippen molar-refractivity contribution in [1.82, 2.24) is 14.6 Å². The van der Waals surface area contributed by atoms with Gasteiger partial charge in [-0.15, -0.1) is 0 Å². The summed E-state index contributed by atoms with van der Waals surface area (Å²) in [4.78, 5) is 28.7. The fraction of sp³-hybridized carbons (Fsp3) is 0.609. The Labute approximate surface area is 187 Å². The number of benzene rings is 1. The molecule has 2 N–H and O–H groups in total. The van der Waals surface area contributed by atoms with E-state index in [1.54, 1.807) is 11.5 Å². The number of carbonyl (C=O) groups excluding carboxylic acids is 1. The third kappa shape index (κ3) is 5.36. The molecule has 8 heteroatoms. The number of aliphatic carboxylic acids is 1. The first-order valence-electron chi connectivity index (χ1n) is 11.5. The summed E-state index contributed by atoms with van der Waals surface area (Å²) in [5.41, 5.74) is 0. The first kappa shape index (κ1) is 22.0. The topological polar surface area (TPSA) is 85.8 Å². The van der Waals surface area contributed by atoms with Gasteiger partial charge in [-0.3, -0.25) is 14.5 Å². The van der Waals surface area contributed by atoms with Gasteiger partial charge in [0.15, 0.2) is 0 Å². The molecule has 1 saturated heterocycles. The lowest BCUT2D eigenvalue weighted by Gasteiger charge is -2.35. The van der Waals surface area contributed by atoms with Gasteiger partial charge in [-0.05, 0) is 55.9 Å². The van der Waals surface area contributed by atoms with Crippen molar-refractivity contribution < 1.29 is 14.7 Å². The second-order valence-corrected chi connectivity index (χ2v) is 9.47. The van der Waals surface area contributed by atoms with Gasteiger partial charge in [0.1, 0.15) is 5.82 Å². The van der Waals surface area contributed by atoms with E-state index in [9.17, 15) is 14.7 Å². The SMILES string of the molecule is O=C(O)[C@H]1CCCC[C@H]1C(=O)NCCCCN1CCN(c2nsc3ccccc23)CC1. The summed E-state index contributed by atoms with van der Waals surface area (Å²) in [6.45, 7) is 5.70. The van der Waals surface area contributed by atoms with Crippen LogP contribution in [0.3, 0.4) is 0 Å². The Morgan fingerprint density at radius 3 is 2.58 bits per heavy atom. The molecule has 1 aliphatic carbocycles. The smallest absolute Gasteiger partial charge is 0.307 e. The first-order valence-corrected chi connectivity index (χ1v) is 12.2. The van der Waals surface area contributed by atoms with Crippen molar-refractivity contribution in [1.29, 1.82) is 0 Å². The lowest BCUT2D eigenvalue weighted by molar-refractivity contribution is -0.148. The molecule has 1 aliphatic heterocycles. The number of anilines is 1. The van der Waals surface area contributed by atoms with E-state index in [0.717, 1.165) is 64.2 Å². The van der Waals surface area contributed by atoms with E-state index in [1.807, 2.05) is 0 Å². The standard InChI is InChI=1S/C23H32N4O3S/c28-22(17-7-1-2-8-18(17)23(29)30)24-11-5-6-12-26-13-15-27(16-14-26)21-19-9-3-4-10-20(19)31-25-21/h3-4,9-10,17-18H,1-2,5-8,11-16H2,(H,24,28)(H,29,30)/t17-,18+/m1/s1. The average molecular weight is 445 g/mol. The molecule has 1 aromatic carbocycles. The van der Waals surface area contributed by atoms with E-state index in [0.29, 0.717) is 19.4 Å². The van der Waals surface area contributed by atoms with Crippen LogP contribution in [-0.2, 0) is 9.59 Å². The minimum Gasteiger partial charge on any atom is -0.481 e. The molecule has 31 heavy (non-hydrogen) atoms. The molecular weight excluding hydrogens is 412 g/mol. The fourth-order valence-electron chi connectivity index (χ4n) is 4.83.